The van der Waals surface area contributed by atoms with Crippen LogP contribution in [-0.2, 0) is 10.6 Å². The van der Waals surface area contributed by atoms with Gasteiger partial charge in [-0.1, -0.05) is 0 Å². The van der Waals surface area contributed by atoms with Gasteiger partial charge in [-0.25, -0.2) is 4.79 Å². The Hall–Kier alpha value is -1.73. The molecule has 4 nitrogen and oxygen atoms in total. The predicted molar refractivity (Wildman–Crippen MR) is 58.6 cm³/mol. The van der Waals surface area contributed by atoms with Crippen LogP contribution < -0.4 is 4.74 Å². The van der Waals surface area contributed by atoms with E-state index in [1.165, 1.54) is 20.3 Å². The molecule has 0 saturated carbocycles. The molecule has 1 aromatic carbocycles. The van der Waals surface area contributed by atoms with E-state index in [9.17, 15) is 4.79 Å². The summed E-state index contributed by atoms with van der Waals surface area (Å²) >= 11 is 5.73. The molecule has 0 atom stereocenters. The molecule has 0 saturated heterocycles. The number of alkyl halides is 1. The Morgan fingerprint density at radius 1 is 1.50 bits per heavy atom. The van der Waals surface area contributed by atoms with Gasteiger partial charge < -0.3 is 9.47 Å². The summed E-state index contributed by atoms with van der Waals surface area (Å²) < 4.78 is 9.64. The summed E-state index contributed by atoms with van der Waals surface area (Å²) in [6.45, 7) is 0. The van der Waals surface area contributed by atoms with Gasteiger partial charge in [0.1, 0.15) is 11.8 Å². The Morgan fingerprint density at radius 3 is 2.62 bits per heavy atom. The van der Waals surface area contributed by atoms with Crippen LogP contribution in [0.15, 0.2) is 12.1 Å². The van der Waals surface area contributed by atoms with Crippen molar-refractivity contribution in [3.05, 3.63) is 28.8 Å². The molecule has 0 aliphatic carbocycles. The molecule has 0 bridgehead atoms. The quantitative estimate of drug-likeness (QED) is 0.599. The van der Waals surface area contributed by atoms with Crippen LogP contribution in [0, 0.1) is 11.3 Å². The van der Waals surface area contributed by atoms with Gasteiger partial charge in [0.15, 0.2) is 0 Å². The lowest BCUT2D eigenvalue weighted by Gasteiger charge is -2.10. The van der Waals surface area contributed by atoms with Crippen LogP contribution in [0.3, 0.4) is 0 Å². The second-order valence-electron chi connectivity index (χ2n) is 2.91. The molecule has 0 fully saturated rings. The summed E-state index contributed by atoms with van der Waals surface area (Å²) in [5, 5.41) is 9.02. The molecule has 0 aromatic heterocycles. The zero-order valence-electron chi connectivity index (χ0n) is 8.91. The number of benzene rings is 1. The van der Waals surface area contributed by atoms with E-state index in [-0.39, 0.29) is 17.0 Å². The van der Waals surface area contributed by atoms with Crippen molar-refractivity contribution in [1.29, 1.82) is 5.26 Å². The summed E-state index contributed by atoms with van der Waals surface area (Å²) in [6, 6.07) is 5.01. The highest BCUT2D eigenvalue weighted by molar-refractivity contribution is 6.17. The topological polar surface area (TPSA) is 59.3 Å². The average Bonchev–Trinajstić information content (AvgIpc) is 2.35. The first-order valence-electron chi connectivity index (χ1n) is 4.43. The van der Waals surface area contributed by atoms with Gasteiger partial charge in [-0.2, -0.15) is 5.26 Å². The normalized spacial score (nSPS) is 9.38. The molecule has 16 heavy (non-hydrogen) atoms. The lowest BCUT2D eigenvalue weighted by molar-refractivity contribution is 0.0600. The smallest absolute Gasteiger partial charge is 0.339 e. The summed E-state index contributed by atoms with van der Waals surface area (Å²) in [5.74, 6) is 0.0152. The number of carbonyl (C=O) groups is 1. The van der Waals surface area contributed by atoms with Crippen molar-refractivity contribution >= 4 is 17.6 Å². The van der Waals surface area contributed by atoms with Crippen LogP contribution in [0.4, 0.5) is 0 Å². The molecule has 0 spiro atoms. The van der Waals surface area contributed by atoms with Crippen LogP contribution in [-0.4, -0.2) is 20.2 Å². The first-order chi connectivity index (χ1) is 7.69. The Kier molecular flexibility index (Phi) is 4.15. The highest BCUT2D eigenvalue weighted by Crippen LogP contribution is 2.27. The summed E-state index contributed by atoms with van der Waals surface area (Å²) in [7, 11) is 2.73. The van der Waals surface area contributed by atoms with Crippen molar-refractivity contribution in [3.63, 3.8) is 0 Å². The Balaban J connectivity index is 3.45. The largest absolute Gasteiger partial charge is 0.496 e. The van der Waals surface area contributed by atoms with Crippen molar-refractivity contribution in [2.45, 2.75) is 5.88 Å². The summed E-state index contributed by atoms with van der Waals surface area (Å²) in [4.78, 5) is 11.4. The SMILES string of the molecule is COC(=O)c1ccc(OC)c(CCl)c1C#N. The lowest BCUT2D eigenvalue weighted by Crippen LogP contribution is -2.07. The van der Waals surface area contributed by atoms with Crippen molar-refractivity contribution in [2.24, 2.45) is 0 Å². The van der Waals surface area contributed by atoms with Crippen LogP contribution in [0.25, 0.3) is 0 Å². The Labute approximate surface area is 98.3 Å². The maximum absolute atomic E-state index is 11.4. The van der Waals surface area contributed by atoms with Crippen molar-refractivity contribution in [1.82, 2.24) is 0 Å². The molecule has 0 amide bonds. The van der Waals surface area contributed by atoms with E-state index in [0.717, 1.165) is 0 Å². The van der Waals surface area contributed by atoms with E-state index in [2.05, 4.69) is 4.74 Å². The van der Waals surface area contributed by atoms with E-state index in [4.69, 9.17) is 21.6 Å². The summed E-state index contributed by atoms with van der Waals surface area (Å²) in [5.41, 5.74) is 0.886. The molecule has 84 valence electrons. The minimum Gasteiger partial charge on any atom is -0.496 e. The number of rotatable bonds is 3. The fraction of sp³-hybridized carbons (Fsp3) is 0.273. The van der Waals surface area contributed by atoms with Gasteiger partial charge in [0.05, 0.1) is 31.2 Å². The number of ether oxygens (including phenoxy) is 2. The first kappa shape index (κ1) is 12.3. The molecular formula is C11H10ClNO3. The minimum absolute atomic E-state index is 0.0941. The average molecular weight is 240 g/mol. The molecule has 0 N–H and O–H groups in total. The summed E-state index contributed by atoms with van der Waals surface area (Å²) in [6.07, 6.45) is 0. The fourth-order valence-electron chi connectivity index (χ4n) is 1.36. The minimum atomic E-state index is -0.564. The van der Waals surface area contributed by atoms with Gasteiger partial charge in [-0.05, 0) is 12.1 Å². The Morgan fingerprint density at radius 2 is 2.19 bits per heavy atom. The molecule has 5 heteroatoms. The molecule has 0 aliphatic heterocycles. The maximum Gasteiger partial charge on any atom is 0.339 e. The molecule has 1 rings (SSSR count). The number of nitriles is 1. The van der Waals surface area contributed by atoms with Crippen LogP contribution in [0.2, 0.25) is 0 Å². The van der Waals surface area contributed by atoms with Gasteiger partial charge in [0, 0.05) is 5.56 Å². The Bertz CT molecular complexity index is 451. The van der Waals surface area contributed by atoms with E-state index in [1.807, 2.05) is 6.07 Å². The molecule has 0 radical (unpaired) electrons. The zero-order chi connectivity index (χ0) is 12.1. The number of hydrogen-bond acceptors (Lipinski definition) is 4. The standard InChI is InChI=1S/C11H10ClNO3/c1-15-10-4-3-7(11(14)16-2)9(6-13)8(10)5-12/h3-4H,5H2,1-2H3. The van der Waals surface area contributed by atoms with E-state index in [0.29, 0.717) is 11.3 Å². The monoisotopic (exact) mass is 239 g/mol. The van der Waals surface area contributed by atoms with E-state index < -0.39 is 5.97 Å². The van der Waals surface area contributed by atoms with Crippen LogP contribution >= 0.6 is 11.6 Å². The van der Waals surface area contributed by atoms with Crippen molar-refractivity contribution in [3.8, 4) is 11.8 Å². The van der Waals surface area contributed by atoms with Gasteiger partial charge in [-0.15, -0.1) is 11.6 Å². The second-order valence-corrected chi connectivity index (χ2v) is 3.17. The van der Waals surface area contributed by atoms with E-state index >= 15 is 0 Å². The van der Waals surface area contributed by atoms with Crippen LogP contribution in [0.1, 0.15) is 21.5 Å². The third-order valence-corrected chi connectivity index (χ3v) is 2.41. The van der Waals surface area contributed by atoms with Gasteiger partial charge in [0.2, 0.25) is 0 Å². The highest BCUT2D eigenvalue weighted by atomic mass is 35.5. The first-order valence-corrected chi connectivity index (χ1v) is 4.97. The van der Waals surface area contributed by atoms with Gasteiger partial charge >= 0.3 is 5.97 Å². The number of esters is 1. The van der Waals surface area contributed by atoms with Crippen molar-refractivity contribution < 1.29 is 14.3 Å². The molecule has 0 aliphatic rings. The fourth-order valence-corrected chi connectivity index (χ4v) is 1.63. The number of hydrogen-bond donors (Lipinski definition) is 0. The number of halogens is 1. The molecule has 0 heterocycles. The third-order valence-electron chi connectivity index (χ3n) is 2.14. The maximum atomic E-state index is 11.4. The predicted octanol–water partition coefficient (Wildman–Crippen LogP) is 2.09. The molecule has 0 unspecified atom stereocenters. The third kappa shape index (κ3) is 2.10. The second kappa shape index (κ2) is 5.38. The zero-order valence-corrected chi connectivity index (χ0v) is 9.67. The van der Waals surface area contributed by atoms with Gasteiger partial charge in [-0.3, -0.25) is 0 Å². The van der Waals surface area contributed by atoms with E-state index in [1.54, 1.807) is 6.07 Å². The number of methoxy groups -OCH3 is 2. The molecule has 1 aromatic rings. The highest BCUT2D eigenvalue weighted by Gasteiger charge is 2.18. The lowest BCUT2D eigenvalue weighted by atomic mass is 10.0. The van der Waals surface area contributed by atoms with Crippen LogP contribution in [0.5, 0.6) is 5.75 Å². The van der Waals surface area contributed by atoms with Gasteiger partial charge in [0.25, 0.3) is 0 Å². The number of carbonyl (C=O) groups excluding carboxylic acids is 1. The molecular weight excluding hydrogens is 230 g/mol. The number of nitrogens with zero attached hydrogens (tertiary/aromatic N) is 1. The van der Waals surface area contributed by atoms with Crippen molar-refractivity contribution in [2.75, 3.05) is 14.2 Å².